The van der Waals surface area contributed by atoms with Crippen LogP contribution in [0.1, 0.15) is 30.5 Å². The molecule has 0 bridgehead atoms. The van der Waals surface area contributed by atoms with E-state index in [1.54, 1.807) is 37.4 Å². The number of nitrogens with zero attached hydrogens (tertiary/aromatic N) is 1. The molecule has 0 spiro atoms. The van der Waals surface area contributed by atoms with Crippen molar-refractivity contribution in [2.75, 3.05) is 13.7 Å². The van der Waals surface area contributed by atoms with Crippen molar-refractivity contribution in [3.05, 3.63) is 101 Å². The highest BCUT2D eigenvalue weighted by molar-refractivity contribution is 5.88. The van der Waals surface area contributed by atoms with Crippen LogP contribution in [0.5, 0.6) is 5.75 Å². The minimum atomic E-state index is -0.790. The molecule has 0 fully saturated rings. The summed E-state index contributed by atoms with van der Waals surface area (Å²) < 4.78 is 19.8. The Morgan fingerprint density at radius 1 is 0.914 bits per heavy atom. The maximum atomic E-state index is 14.6. The highest BCUT2D eigenvalue weighted by Crippen LogP contribution is 2.19. The van der Waals surface area contributed by atoms with Crippen LogP contribution in [-0.2, 0) is 29.0 Å². The second-order valence-electron chi connectivity index (χ2n) is 8.98. The average molecular weight is 477 g/mol. The summed E-state index contributed by atoms with van der Waals surface area (Å²) in [5.41, 5.74) is 2.08. The van der Waals surface area contributed by atoms with E-state index in [4.69, 9.17) is 4.74 Å². The Kier molecular flexibility index (Phi) is 9.41. The van der Waals surface area contributed by atoms with Gasteiger partial charge in [-0.3, -0.25) is 9.59 Å². The highest BCUT2D eigenvalue weighted by atomic mass is 19.1. The van der Waals surface area contributed by atoms with Gasteiger partial charge in [-0.1, -0.05) is 74.5 Å². The maximum absolute atomic E-state index is 14.6. The zero-order valence-electron chi connectivity index (χ0n) is 20.5. The maximum Gasteiger partial charge on any atom is 0.243 e. The van der Waals surface area contributed by atoms with E-state index in [0.29, 0.717) is 24.3 Å². The van der Waals surface area contributed by atoms with Gasteiger partial charge in [0, 0.05) is 25.1 Å². The molecular weight excluding hydrogens is 443 g/mol. The summed E-state index contributed by atoms with van der Waals surface area (Å²) in [7, 11) is 1.58. The first kappa shape index (κ1) is 25.9. The van der Waals surface area contributed by atoms with Crippen molar-refractivity contribution in [1.29, 1.82) is 0 Å². The summed E-state index contributed by atoms with van der Waals surface area (Å²) in [6.07, 6.45) is 0.411. The van der Waals surface area contributed by atoms with E-state index < -0.39 is 11.9 Å². The number of nitrogens with one attached hydrogen (secondary N) is 1. The van der Waals surface area contributed by atoms with Crippen molar-refractivity contribution >= 4 is 11.8 Å². The lowest BCUT2D eigenvalue weighted by Gasteiger charge is -2.32. The molecule has 0 aromatic heterocycles. The quantitative estimate of drug-likeness (QED) is 0.433. The SMILES string of the molecule is COc1ccc(CC(=O)N(Cc2ccccc2F)[C@@H](Cc2ccccc2)C(=O)NCC(C)C)cc1. The van der Waals surface area contributed by atoms with Gasteiger partial charge in [0.2, 0.25) is 11.8 Å². The van der Waals surface area contributed by atoms with Gasteiger partial charge >= 0.3 is 0 Å². The second-order valence-corrected chi connectivity index (χ2v) is 8.98. The smallest absolute Gasteiger partial charge is 0.243 e. The number of ether oxygens (including phenoxy) is 1. The summed E-state index contributed by atoms with van der Waals surface area (Å²) in [5.74, 6) is 0.0441. The first-order chi connectivity index (χ1) is 16.9. The molecule has 0 unspecified atom stereocenters. The first-order valence-electron chi connectivity index (χ1n) is 11.8. The zero-order valence-corrected chi connectivity index (χ0v) is 20.5. The lowest BCUT2D eigenvalue weighted by Crippen LogP contribution is -2.51. The number of carbonyl (C=O) groups excluding carboxylic acids is 2. The second kappa shape index (κ2) is 12.7. The molecule has 0 aliphatic rings. The molecule has 3 aromatic carbocycles. The highest BCUT2D eigenvalue weighted by Gasteiger charge is 2.31. The molecule has 35 heavy (non-hydrogen) atoms. The molecule has 0 aliphatic heterocycles. The average Bonchev–Trinajstić information content (AvgIpc) is 2.86. The number of rotatable bonds is 11. The minimum Gasteiger partial charge on any atom is -0.497 e. The molecule has 0 saturated carbocycles. The summed E-state index contributed by atoms with van der Waals surface area (Å²) in [6.45, 7) is 4.51. The standard InChI is InChI=1S/C29H33FN2O3/c1-21(2)19-31-29(34)27(17-22-9-5-4-6-10-22)32(20-24-11-7-8-12-26(24)30)28(33)18-23-13-15-25(35-3)16-14-23/h4-16,21,27H,17-20H2,1-3H3,(H,31,34)/t27-/m0/s1. The van der Waals surface area contributed by atoms with Crippen molar-refractivity contribution in [1.82, 2.24) is 10.2 Å². The molecule has 1 atom stereocenters. The number of hydrogen-bond donors (Lipinski definition) is 1. The van der Waals surface area contributed by atoms with Gasteiger partial charge in [-0.2, -0.15) is 0 Å². The van der Waals surface area contributed by atoms with E-state index in [-0.39, 0.29) is 30.7 Å². The molecule has 1 N–H and O–H groups in total. The van der Waals surface area contributed by atoms with E-state index in [1.807, 2.05) is 56.3 Å². The molecule has 3 rings (SSSR count). The topological polar surface area (TPSA) is 58.6 Å². The monoisotopic (exact) mass is 476 g/mol. The van der Waals surface area contributed by atoms with Crippen LogP contribution in [0.25, 0.3) is 0 Å². The summed E-state index contributed by atoms with van der Waals surface area (Å²) in [4.78, 5) is 28.5. The predicted molar refractivity (Wildman–Crippen MR) is 135 cm³/mol. The van der Waals surface area contributed by atoms with Crippen molar-refractivity contribution in [3.8, 4) is 5.75 Å². The summed E-state index contributed by atoms with van der Waals surface area (Å²) in [5, 5.41) is 2.97. The normalized spacial score (nSPS) is 11.7. The molecule has 3 aromatic rings. The molecule has 0 radical (unpaired) electrons. The lowest BCUT2D eigenvalue weighted by atomic mass is 10.0. The van der Waals surface area contributed by atoms with E-state index in [9.17, 15) is 14.0 Å². The van der Waals surface area contributed by atoms with Crippen molar-refractivity contribution in [2.24, 2.45) is 5.92 Å². The van der Waals surface area contributed by atoms with Gasteiger partial charge in [-0.15, -0.1) is 0 Å². The van der Waals surface area contributed by atoms with Crippen LogP contribution in [0.15, 0.2) is 78.9 Å². The van der Waals surface area contributed by atoms with Gasteiger partial charge in [0.1, 0.15) is 17.6 Å². The molecule has 2 amide bonds. The molecule has 0 aliphatic carbocycles. The molecule has 0 saturated heterocycles. The van der Waals surface area contributed by atoms with Gasteiger partial charge in [0.15, 0.2) is 0 Å². The van der Waals surface area contributed by atoms with E-state index in [0.717, 1.165) is 11.1 Å². The molecule has 184 valence electrons. The van der Waals surface area contributed by atoms with Crippen LogP contribution in [0.3, 0.4) is 0 Å². The predicted octanol–water partition coefficient (Wildman–Crippen LogP) is 4.79. The fourth-order valence-corrected chi connectivity index (χ4v) is 3.81. The lowest BCUT2D eigenvalue weighted by molar-refractivity contribution is -0.140. The van der Waals surface area contributed by atoms with Gasteiger partial charge < -0.3 is 15.0 Å². The Morgan fingerprint density at radius 3 is 2.20 bits per heavy atom. The van der Waals surface area contributed by atoms with E-state index >= 15 is 0 Å². The van der Waals surface area contributed by atoms with Crippen molar-refractivity contribution < 1.29 is 18.7 Å². The Bertz CT molecular complexity index is 1100. The Balaban J connectivity index is 1.95. The van der Waals surface area contributed by atoms with Crippen LogP contribution < -0.4 is 10.1 Å². The minimum absolute atomic E-state index is 0.00569. The van der Waals surface area contributed by atoms with Crippen molar-refractivity contribution in [2.45, 2.75) is 39.3 Å². The van der Waals surface area contributed by atoms with Gasteiger partial charge in [-0.05, 0) is 35.2 Å². The fourth-order valence-electron chi connectivity index (χ4n) is 3.81. The Morgan fingerprint density at radius 2 is 1.57 bits per heavy atom. The number of methoxy groups -OCH3 is 1. The largest absolute Gasteiger partial charge is 0.497 e. The van der Waals surface area contributed by atoms with Crippen LogP contribution >= 0.6 is 0 Å². The number of benzene rings is 3. The Labute approximate surface area is 206 Å². The van der Waals surface area contributed by atoms with Gasteiger partial charge in [0.05, 0.1) is 13.5 Å². The van der Waals surface area contributed by atoms with Crippen LogP contribution in [0.2, 0.25) is 0 Å². The first-order valence-corrected chi connectivity index (χ1v) is 11.8. The number of hydrogen-bond acceptors (Lipinski definition) is 3. The third kappa shape index (κ3) is 7.67. The van der Waals surface area contributed by atoms with Gasteiger partial charge in [-0.25, -0.2) is 4.39 Å². The number of halogens is 1. The molecule has 5 nitrogen and oxygen atoms in total. The zero-order chi connectivity index (χ0) is 25.2. The van der Waals surface area contributed by atoms with Crippen molar-refractivity contribution in [3.63, 3.8) is 0 Å². The summed E-state index contributed by atoms with van der Waals surface area (Å²) >= 11 is 0. The Hall–Kier alpha value is -3.67. The van der Waals surface area contributed by atoms with Crippen LogP contribution in [-0.4, -0.2) is 36.4 Å². The fraction of sp³-hybridized carbons (Fsp3) is 0.310. The third-order valence-corrected chi connectivity index (χ3v) is 5.77. The molecule has 6 heteroatoms. The molecular formula is C29H33FN2O3. The van der Waals surface area contributed by atoms with Gasteiger partial charge in [0.25, 0.3) is 0 Å². The van der Waals surface area contributed by atoms with Crippen LogP contribution in [0.4, 0.5) is 4.39 Å². The summed E-state index contributed by atoms with van der Waals surface area (Å²) in [6, 6.07) is 22.4. The number of carbonyl (C=O) groups is 2. The van der Waals surface area contributed by atoms with E-state index in [1.165, 1.54) is 11.0 Å². The van der Waals surface area contributed by atoms with E-state index in [2.05, 4.69) is 5.32 Å². The number of amides is 2. The third-order valence-electron chi connectivity index (χ3n) is 5.77. The van der Waals surface area contributed by atoms with Crippen LogP contribution in [0, 0.1) is 11.7 Å². The molecule has 0 heterocycles.